The molecule has 3 heterocycles. The van der Waals surface area contributed by atoms with Crippen molar-refractivity contribution in [2.45, 2.75) is 43.4 Å². The van der Waals surface area contributed by atoms with Crippen LogP contribution >= 0.6 is 0 Å². The largest absolute Gasteiger partial charge is 0.465 e. The Labute approximate surface area is 152 Å². The van der Waals surface area contributed by atoms with E-state index in [2.05, 4.69) is 11.0 Å². The minimum Gasteiger partial charge on any atom is -0.465 e. The van der Waals surface area contributed by atoms with Crippen molar-refractivity contribution in [1.82, 2.24) is 4.90 Å². The van der Waals surface area contributed by atoms with Gasteiger partial charge in [0.05, 0.1) is 18.7 Å². The fourth-order valence-electron chi connectivity index (χ4n) is 5.24. The molecule has 4 aliphatic rings. The lowest BCUT2D eigenvalue weighted by Gasteiger charge is -2.37. The molecule has 5 nitrogen and oxygen atoms in total. The van der Waals surface area contributed by atoms with Gasteiger partial charge in [-0.15, -0.1) is 0 Å². The molecule has 1 aromatic rings. The highest BCUT2D eigenvalue weighted by Gasteiger charge is 2.61. The number of carbonyl (C=O) groups excluding carboxylic acids is 2. The van der Waals surface area contributed by atoms with E-state index in [-0.39, 0.29) is 24.0 Å². The van der Waals surface area contributed by atoms with Gasteiger partial charge < -0.3 is 9.47 Å². The van der Waals surface area contributed by atoms with Crippen molar-refractivity contribution in [3.05, 3.63) is 53.1 Å². The number of esters is 2. The van der Waals surface area contributed by atoms with E-state index < -0.39 is 5.60 Å². The molecule has 0 unspecified atom stereocenters. The van der Waals surface area contributed by atoms with Crippen LogP contribution in [0.5, 0.6) is 0 Å². The number of carbonyl (C=O) groups is 2. The van der Waals surface area contributed by atoms with Crippen LogP contribution in [-0.2, 0) is 14.3 Å². The smallest absolute Gasteiger partial charge is 0.337 e. The van der Waals surface area contributed by atoms with E-state index in [0.29, 0.717) is 5.56 Å². The lowest BCUT2D eigenvalue weighted by atomic mass is 9.77. The van der Waals surface area contributed by atoms with E-state index in [4.69, 9.17) is 9.47 Å². The molecule has 2 saturated heterocycles. The van der Waals surface area contributed by atoms with Gasteiger partial charge in [-0.2, -0.15) is 0 Å². The molecule has 26 heavy (non-hydrogen) atoms. The summed E-state index contributed by atoms with van der Waals surface area (Å²) in [5.41, 5.74) is 3.25. The van der Waals surface area contributed by atoms with E-state index in [0.717, 1.165) is 30.5 Å². The Bertz CT molecular complexity index is 871. The van der Waals surface area contributed by atoms with Crippen molar-refractivity contribution in [1.29, 1.82) is 0 Å². The van der Waals surface area contributed by atoms with Crippen LogP contribution in [0, 0.1) is 0 Å². The number of hydrogen-bond donors (Lipinski definition) is 0. The average molecular weight is 351 g/mol. The van der Waals surface area contributed by atoms with Crippen molar-refractivity contribution >= 4 is 17.5 Å². The zero-order chi connectivity index (χ0) is 17.9. The zero-order valence-electron chi connectivity index (χ0n) is 14.7. The lowest BCUT2D eigenvalue weighted by Crippen LogP contribution is -2.48. The average Bonchev–Trinajstić information content (AvgIpc) is 3.15. The molecule has 3 atom stereocenters. The Morgan fingerprint density at radius 2 is 2.19 bits per heavy atom. The standard InChI is InChI=1S/C21H21NO4/c1-25-20(24)14-6-4-5-13(9-14)16-10-15-11-19(23)26-21(15)12-17(16)22-8-3-2-7-18(21)22/h4-6,9-11,17-18H,2-3,7-8,12H2,1H3/t17-,18+,21-/m0/s1. The van der Waals surface area contributed by atoms with Crippen molar-refractivity contribution in [2.75, 3.05) is 13.7 Å². The molecule has 2 fully saturated rings. The number of benzene rings is 1. The van der Waals surface area contributed by atoms with Crippen LogP contribution in [0.1, 0.15) is 41.6 Å². The van der Waals surface area contributed by atoms with Gasteiger partial charge in [0.2, 0.25) is 0 Å². The number of nitrogens with zero attached hydrogens (tertiary/aromatic N) is 1. The Balaban J connectivity index is 1.62. The van der Waals surface area contributed by atoms with Crippen LogP contribution in [0.15, 0.2) is 42.0 Å². The molecule has 0 saturated carbocycles. The Morgan fingerprint density at radius 1 is 1.31 bits per heavy atom. The molecule has 1 spiro atoms. The highest BCUT2D eigenvalue weighted by molar-refractivity contribution is 5.93. The molecule has 3 aliphatic heterocycles. The molecule has 1 aliphatic carbocycles. The second-order valence-corrected chi connectivity index (χ2v) is 7.55. The second kappa shape index (κ2) is 5.55. The SMILES string of the molecule is COC(=O)c1cccc(C2=CC3=CC(=O)O[C@@]34C[C@@H]2N2CCCC[C@@H]24)c1. The van der Waals surface area contributed by atoms with Gasteiger partial charge >= 0.3 is 11.9 Å². The Morgan fingerprint density at radius 3 is 3.04 bits per heavy atom. The lowest BCUT2D eigenvalue weighted by molar-refractivity contribution is -0.148. The van der Waals surface area contributed by atoms with Crippen LogP contribution < -0.4 is 0 Å². The maximum absolute atomic E-state index is 12.1. The number of hydrogen-bond acceptors (Lipinski definition) is 5. The van der Waals surface area contributed by atoms with Crippen molar-refractivity contribution in [3.8, 4) is 0 Å². The summed E-state index contributed by atoms with van der Waals surface area (Å²) in [5, 5.41) is 0. The van der Waals surface area contributed by atoms with E-state index in [1.54, 1.807) is 12.1 Å². The first-order chi connectivity index (χ1) is 12.6. The van der Waals surface area contributed by atoms with E-state index in [9.17, 15) is 9.59 Å². The maximum Gasteiger partial charge on any atom is 0.337 e. The summed E-state index contributed by atoms with van der Waals surface area (Å²) < 4.78 is 10.7. The van der Waals surface area contributed by atoms with Gasteiger partial charge in [0.25, 0.3) is 0 Å². The number of fused-ring (bicyclic) bond motifs is 3. The second-order valence-electron chi connectivity index (χ2n) is 7.55. The minimum atomic E-state index is -0.467. The van der Waals surface area contributed by atoms with Crippen molar-refractivity contribution < 1.29 is 19.1 Å². The highest BCUT2D eigenvalue weighted by atomic mass is 16.6. The topological polar surface area (TPSA) is 55.8 Å². The summed E-state index contributed by atoms with van der Waals surface area (Å²) in [6.45, 7) is 1.02. The van der Waals surface area contributed by atoms with Gasteiger partial charge in [0.15, 0.2) is 5.60 Å². The fraction of sp³-hybridized carbons (Fsp3) is 0.429. The third-order valence-corrected chi connectivity index (χ3v) is 6.31. The van der Waals surface area contributed by atoms with Crippen molar-refractivity contribution in [2.24, 2.45) is 0 Å². The summed E-state index contributed by atoms with van der Waals surface area (Å²) in [6, 6.07) is 8.05. The van der Waals surface area contributed by atoms with E-state index >= 15 is 0 Å². The van der Waals surface area contributed by atoms with Crippen LogP contribution in [0.25, 0.3) is 5.57 Å². The van der Waals surface area contributed by atoms with Crippen LogP contribution in [0.2, 0.25) is 0 Å². The molecule has 5 heteroatoms. The molecule has 1 aromatic carbocycles. The third kappa shape index (κ3) is 2.07. The monoisotopic (exact) mass is 351 g/mol. The van der Waals surface area contributed by atoms with Gasteiger partial charge in [0, 0.05) is 24.1 Å². The first kappa shape index (κ1) is 15.8. The third-order valence-electron chi connectivity index (χ3n) is 6.31. The summed E-state index contributed by atoms with van der Waals surface area (Å²) in [5.74, 6) is -0.564. The summed E-state index contributed by atoms with van der Waals surface area (Å²) in [4.78, 5) is 26.5. The summed E-state index contributed by atoms with van der Waals surface area (Å²) >= 11 is 0. The molecule has 0 aromatic heterocycles. The van der Waals surface area contributed by atoms with Gasteiger partial charge in [-0.05, 0) is 48.7 Å². The van der Waals surface area contributed by atoms with Gasteiger partial charge in [-0.25, -0.2) is 9.59 Å². The number of methoxy groups -OCH3 is 1. The van der Waals surface area contributed by atoms with Crippen molar-refractivity contribution in [3.63, 3.8) is 0 Å². The van der Waals surface area contributed by atoms with Crippen LogP contribution in [-0.4, -0.2) is 48.2 Å². The molecule has 2 bridgehead atoms. The maximum atomic E-state index is 12.1. The van der Waals surface area contributed by atoms with E-state index in [1.807, 2.05) is 18.2 Å². The predicted octanol–water partition coefficient (Wildman–Crippen LogP) is 2.72. The predicted molar refractivity (Wildman–Crippen MR) is 95.4 cm³/mol. The molecule has 0 radical (unpaired) electrons. The molecular formula is C21H21NO4. The molecular weight excluding hydrogens is 330 g/mol. The number of ether oxygens (including phenoxy) is 2. The molecule has 134 valence electrons. The van der Waals surface area contributed by atoms with E-state index in [1.165, 1.54) is 25.5 Å². The summed E-state index contributed by atoms with van der Waals surface area (Å²) in [6.07, 6.45) is 7.99. The quantitative estimate of drug-likeness (QED) is 0.767. The number of piperidine rings is 1. The highest BCUT2D eigenvalue weighted by Crippen LogP contribution is 2.55. The number of rotatable bonds is 2. The van der Waals surface area contributed by atoms with Gasteiger partial charge in [-0.3, -0.25) is 4.90 Å². The molecule has 0 amide bonds. The summed E-state index contributed by atoms with van der Waals surface area (Å²) in [7, 11) is 1.39. The van der Waals surface area contributed by atoms with Gasteiger partial charge in [0.1, 0.15) is 0 Å². The molecule has 5 rings (SSSR count). The van der Waals surface area contributed by atoms with Crippen LogP contribution in [0.4, 0.5) is 0 Å². The first-order valence-corrected chi connectivity index (χ1v) is 9.23. The zero-order valence-corrected chi connectivity index (χ0v) is 14.7. The van der Waals surface area contributed by atoms with Crippen LogP contribution in [0.3, 0.4) is 0 Å². The minimum absolute atomic E-state index is 0.219. The molecule has 0 N–H and O–H groups in total. The normalized spacial score (nSPS) is 32.3. The first-order valence-electron chi connectivity index (χ1n) is 9.23. The van der Waals surface area contributed by atoms with Gasteiger partial charge in [-0.1, -0.05) is 18.6 Å². The Hall–Kier alpha value is -2.40. The Kier molecular flexibility index (Phi) is 3.38. The fourth-order valence-corrected chi connectivity index (χ4v) is 5.24.